The maximum absolute atomic E-state index is 12.0. The number of nitrogens with one attached hydrogen (secondary N) is 3. The van der Waals surface area contributed by atoms with Crippen molar-refractivity contribution in [3.8, 4) is 0 Å². The Bertz CT molecular complexity index is 681. The second-order valence-corrected chi connectivity index (χ2v) is 7.22. The van der Waals surface area contributed by atoms with Crippen LogP contribution in [0.25, 0.3) is 0 Å². The molecule has 0 aliphatic carbocycles. The molecule has 1 aromatic heterocycles. The van der Waals surface area contributed by atoms with Crippen molar-refractivity contribution in [2.75, 3.05) is 13.1 Å². The number of rotatable bonds is 8. The molecule has 2 aromatic rings. The number of benzene rings is 1. The Morgan fingerprint density at radius 2 is 1.76 bits per heavy atom. The van der Waals surface area contributed by atoms with Crippen LogP contribution in [0.1, 0.15) is 35.9 Å². The second kappa shape index (κ2) is 9.34. The van der Waals surface area contributed by atoms with Crippen LogP contribution in [0.4, 0.5) is 0 Å². The van der Waals surface area contributed by atoms with Gasteiger partial charge < -0.3 is 10.6 Å². The highest BCUT2D eigenvalue weighted by Gasteiger charge is 2.16. The standard InChI is InChI=1S/C19H25N3O2S/c1-13(2)22-18(24)12-20-17(23)11-21-19(16-5-4-10-25-16)15-8-6-14(3)7-9-15/h4-10,13,19,21H,11-12H2,1-3H3,(H,20,23)(H,22,24)/t19-/m0/s1. The van der Waals surface area contributed by atoms with Gasteiger partial charge in [0, 0.05) is 10.9 Å². The minimum atomic E-state index is -0.201. The van der Waals surface area contributed by atoms with E-state index >= 15 is 0 Å². The Morgan fingerprint density at radius 1 is 1.04 bits per heavy atom. The first kappa shape index (κ1) is 19.1. The van der Waals surface area contributed by atoms with E-state index in [2.05, 4.69) is 46.3 Å². The highest BCUT2D eigenvalue weighted by atomic mass is 32.1. The average molecular weight is 359 g/mol. The van der Waals surface area contributed by atoms with Crippen molar-refractivity contribution in [2.45, 2.75) is 32.9 Å². The quantitative estimate of drug-likeness (QED) is 0.678. The maximum Gasteiger partial charge on any atom is 0.239 e. The van der Waals surface area contributed by atoms with Crippen molar-refractivity contribution < 1.29 is 9.59 Å². The summed E-state index contributed by atoms with van der Waals surface area (Å²) in [5, 5.41) is 10.7. The monoisotopic (exact) mass is 359 g/mol. The van der Waals surface area contributed by atoms with Crippen molar-refractivity contribution in [3.63, 3.8) is 0 Å². The Hall–Kier alpha value is -2.18. The predicted molar refractivity (Wildman–Crippen MR) is 102 cm³/mol. The summed E-state index contributed by atoms with van der Waals surface area (Å²) in [5.41, 5.74) is 2.31. The van der Waals surface area contributed by atoms with Gasteiger partial charge in [-0.3, -0.25) is 14.9 Å². The van der Waals surface area contributed by atoms with Crippen LogP contribution in [0, 0.1) is 6.92 Å². The lowest BCUT2D eigenvalue weighted by Crippen LogP contribution is -2.43. The zero-order valence-corrected chi connectivity index (χ0v) is 15.7. The van der Waals surface area contributed by atoms with E-state index < -0.39 is 0 Å². The van der Waals surface area contributed by atoms with Gasteiger partial charge >= 0.3 is 0 Å². The number of thiophene rings is 1. The first-order valence-electron chi connectivity index (χ1n) is 8.35. The lowest BCUT2D eigenvalue weighted by atomic mass is 10.0. The van der Waals surface area contributed by atoms with E-state index in [0.717, 1.165) is 10.4 Å². The molecule has 0 saturated heterocycles. The fourth-order valence-corrected chi connectivity index (χ4v) is 3.23. The molecule has 5 nitrogen and oxygen atoms in total. The van der Waals surface area contributed by atoms with Gasteiger partial charge in [-0.25, -0.2) is 0 Å². The van der Waals surface area contributed by atoms with Gasteiger partial charge in [0.15, 0.2) is 0 Å². The Balaban J connectivity index is 1.93. The SMILES string of the molecule is Cc1ccc([C@H](NCC(=O)NCC(=O)NC(C)C)c2cccs2)cc1. The first-order chi connectivity index (χ1) is 12.0. The number of aryl methyl sites for hydroxylation is 1. The van der Waals surface area contributed by atoms with Crippen molar-refractivity contribution >= 4 is 23.2 Å². The van der Waals surface area contributed by atoms with Crippen LogP contribution < -0.4 is 16.0 Å². The Morgan fingerprint density at radius 3 is 2.36 bits per heavy atom. The molecule has 1 heterocycles. The van der Waals surface area contributed by atoms with Gasteiger partial charge in [-0.05, 0) is 37.8 Å². The largest absolute Gasteiger partial charge is 0.352 e. The highest BCUT2D eigenvalue weighted by molar-refractivity contribution is 7.10. The summed E-state index contributed by atoms with van der Waals surface area (Å²) in [5.74, 6) is -0.385. The molecule has 0 aliphatic heterocycles. The molecule has 6 heteroatoms. The van der Waals surface area contributed by atoms with Gasteiger partial charge in [-0.2, -0.15) is 0 Å². The second-order valence-electron chi connectivity index (χ2n) is 6.24. The molecule has 0 spiro atoms. The van der Waals surface area contributed by atoms with E-state index in [1.54, 1.807) is 11.3 Å². The van der Waals surface area contributed by atoms with Crippen molar-refractivity contribution in [1.82, 2.24) is 16.0 Å². The van der Waals surface area contributed by atoms with Crippen molar-refractivity contribution in [1.29, 1.82) is 0 Å². The van der Waals surface area contributed by atoms with Gasteiger partial charge in [-0.1, -0.05) is 35.9 Å². The normalized spacial score (nSPS) is 12.0. The molecule has 0 radical (unpaired) electrons. The third-order valence-electron chi connectivity index (χ3n) is 3.60. The lowest BCUT2D eigenvalue weighted by molar-refractivity contribution is -0.125. The van der Waals surface area contributed by atoms with Crippen molar-refractivity contribution in [2.24, 2.45) is 0 Å². The zero-order chi connectivity index (χ0) is 18.2. The summed E-state index contributed by atoms with van der Waals surface area (Å²) in [6.07, 6.45) is 0. The summed E-state index contributed by atoms with van der Waals surface area (Å²) in [6.45, 7) is 5.95. The van der Waals surface area contributed by atoms with Crippen LogP contribution in [0.2, 0.25) is 0 Å². The van der Waals surface area contributed by atoms with Gasteiger partial charge in [0.25, 0.3) is 0 Å². The summed E-state index contributed by atoms with van der Waals surface area (Å²) in [4.78, 5) is 24.8. The lowest BCUT2D eigenvalue weighted by Gasteiger charge is -2.18. The van der Waals surface area contributed by atoms with E-state index in [4.69, 9.17) is 0 Å². The smallest absolute Gasteiger partial charge is 0.239 e. The number of hydrogen-bond donors (Lipinski definition) is 3. The number of amides is 2. The van der Waals surface area contributed by atoms with E-state index in [1.165, 1.54) is 5.56 Å². The highest BCUT2D eigenvalue weighted by Crippen LogP contribution is 2.26. The number of carbonyl (C=O) groups is 2. The van der Waals surface area contributed by atoms with Crippen LogP contribution in [-0.4, -0.2) is 30.9 Å². The van der Waals surface area contributed by atoms with E-state index in [9.17, 15) is 9.59 Å². The van der Waals surface area contributed by atoms with Crippen LogP contribution in [0.5, 0.6) is 0 Å². The van der Waals surface area contributed by atoms with E-state index in [-0.39, 0.29) is 37.0 Å². The summed E-state index contributed by atoms with van der Waals surface area (Å²) in [7, 11) is 0. The number of carbonyl (C=O) groups excluding carboxylic acids is 2. The van der Waals surface area contributed by atoms with E-state index in [1.807, 2.05) is 32.2 Å². The van der Waals surface area contributed by atoms with Gasteiger partial charge in [0.2, 0.25) is 11.8 Å². The van der Waals surface area contributed by atoms with Gasteiger partial charge in [0.1, 0.15) is 0 Å². The zero-order valence-electron chi connectivity index (χ0n) is 14.8. The average Bonchev–Trinajstić information content (AvgIpc) is 3.08. The molecular formula is C19H25N3O2S. The molecule has 0 unspecified atom stereocenters. The van der Waals surface area contributed by atoms with Crippen LogP contribution in [0.15, 0.2) is 41.8 Å². The molecular weight excluding hydrogens is 334 g/mol. The maximum atomic E-state index is 12.0. The first-order valence-corrected chi connectivity index (χ1v) is 9.23. The van der Waals surface area contributed by atoms with Gasteiger partial charge in [-0.15, -0.1) is 11.3 Å². The molecule has 2 amide bonds. The predicted octanol–water partition coefficient (Wildman–Crippen LogP) is 2.38. The molecule has 25 heavy (non-hydrogen) atoms. The Kier molecular flexibility index (Phi) is 7.16. The van der Waals surface area contributed by atoms with Crippen LogP contribution in [-0.2, 0) is 9.59 Å². The third kappa shape index (κ3) is 6.32. The van der Waals surface area contributed by atoms with Gasteiger partial charge in [0.05, 0.1) is 19.1 Å². The molecule has 0 saturated carbocycles. The summed E-state index contributed by atoms with van der Waals surface area (Å²) in [6, 6.07) is 12.3. The summed E-state index contributed by atoms with van der Waals surface area (Å²) < 4.78 is 0. The molecule has 0 bridgehead atoms. The molecule has 134 valence electrons. The van der Waals surface area contributed by atoms with Crippen LogP contribution >= 0.6 is 11.3 Å². The molecule has 0 fully saturated rings. The van der Waals surface area contributed by atoms with E-state index in [0.29, 0.717) is 0 Å². The Labute approximate surface area is 152 Å². The molecule has 0 aliphatic rings. The fraction of sp³-hybridized carbons (Fsp3) is 0.368. The van der Waals surface area contributed by atoms with Crippen LogP contribution in [0.3, 0.4) is 0 Å². The summed E-state index contributed by atoms with van der Waals surface area (Å²) >= 11 is 1.65. The molecule has 1 atom stereocenters. The van der Waals surface area contributed by atoms with Crippen molar-refractivity contribution in [3.05, 3.63) is 57.8 Å². The molecule has 3 N–H and O–H groups in total. The third-order valence-corrected chi connectivity index (χ3v) is 4.54. The number of hydrogen-bond acceptors (Lipinski definition) is 4. The fourth-order valence-electron chi connectivity index (χ4n) is 2.41. The molecule has 1 aromatic carbocycles. The minimum absolute atomic E-state index is 0.00705. The molecule has 2 rings (SSSR count). The minimum Gasteiger partial charge on any atom is -0.352 e. The topological polar surface area (TPSA) is 70.2 Å².